The molecule has 0 atom stereocenters. The molecule has 166 valence electrons. The second-order valence-electron chi connectivity index (χ2n) is 7.07. The number of benzene rings is 2. The van der Waals surface area contributed by atoms with E-state index in [9.17, 15) is 14.9 Å². The molecule has 0 aliphatic heterocycles. The molecule has 2 aromatic carbocycles. The van der Waals surface area contributed by atoms with Gasteiger partial charge in [0.2, 0.25) is 0 Å². The third kappa shape index (κ3) is 4.96. The van der Waals surface area contributed by atoms with E-state index >= 15 is 0 Å². The van der Waals surface area contributed by atoms with Crippen molar-refractivity contribution in [3.05, 3.63) is 105 Å². The number of carbonyl (C=O) groups excluding carboxylic acids is 1. The third-order valence-corrected chi connectivity index (χ3v) is 5.12. The molecule has 10 nitrogen and oxygen atoms in total. The van der Waals surface area contributed by atoms with Crippen molar-refractivity contribution in [2.45, 2.75) is 13.5 Å². The molecule has 0 fully saturated rings. The summed E-state index contributed by atoms with van der Waals surface area (Å²) < 4.78 is 3.03. The highest BCUT2D eigenvalue weighted by atomic mass is 35.5. The first-order chi connectivity index (χ1) is 15.9. The fourth-order valence-electron chi connectivity index (χ4n) is 3.15. The van der Waals surface area contributed by atoms with Gasteiger partial charge in [0.05, 0.1) is 47.1 Å². The Hall–Kier alpha value is -4.31. The summed E-state index contributed by atoms with van der Waals surface area (Å²) in [6, 6.07) is 17.6. The second-order valence-corrected chi connectivity index (χ2v) is 7.42. The predicted octanol–water partition coefficient (Wildman–Crippen LogP) is 3.75. The Morgan fingerprint density at radius 3 is 2.70 bits per heavy atom. The summed E-state index contributed by atoms with van der Waals surface area (Å²) in [7, 11) is 0. The lowest BCUT2D eigenvalue weighted by Crippen LogP contribution is -2.18. The van der Waals surface area contributed by atoms with Crippen molar-refractivity contribution in [1.82, 2.24) is 25.0 Å². The zero-order valence-electron chi connectivity index (χ0n) is 17.4. The molecule has 11 heteroatoms. The van der Waals surface area contributed by atoms with Gasteiger partial charge in [-0.05, 0) is 41.7 Å². The van der Waals surface area contributed by atoms with Crippen LogP contribution in [0.3, 0.4) is 0 Å². The monoisotopic (exact) mass is 463 g/mol. The van der Waals surface area contributed by atoms with E-state index in [1.54, 1.807) is 35.9 Å². The lowest BCUT2D eigenvalue weighted by molar-refractivity contribution is -0.389. The second kappa shape index (κ2) is 9.45. The summed E-state index contributed by atoms with van der Waals surface area (Å²) in [6.45, 7) is 2.09. The number of carbonyl (C=O) groups is 1. The summed E-state index contributed by atoms with van der Waals surface area (Å²) in [4.78, 5) is 22.8. The van der Waals surface area contributed by atoms with Crippen molar-refractivity contribution in [3.63, 3.8) is 0 Å². The van der Waals surface area contributed by atoms with E-state index in [2.05, 4.69) is 20.7 Å². The number of para-hydroxylation sites is 1. The van der Waals surface area contributed by atoms with Gasteiger partial charge in [-0.15, -0.1) is 0 Å². The molecule has 1 N–H and O–H groups in total. The van der Waals surface area contributed by atoms with Crippen molar-refractivity contribution in [2.75, 3.05) is 0 Å². The molecule has 0 bridgehead atoms. The Kier molecular flexibility index (Phi) is 6.27. The molecule has 0 saturated carbocycles. The number of amides is 1. The lowest BCUT2D eigenvalue weighted by Gasteiger charge is -2.03. The molecular weight excluding hydrogens is 446 g/mol. The van der Waals surface area contributed by atoms with Crippen molar-refractivity contribution in [2.24, 2.45) is 5.10 Å². The number of hydrazone groups is 1. The van der Waals surface area contributed by atoms with E-state index in [0.717, 1.165) is 11.3 Å². The quantitative estimate of drug-likeness (QED) is 0.254. The maximum atomic E-state index is 12.5. The molecule has 0 aliphatic carbocycles. The number of hydrogen-bond acceptors (Lipinski definition) is 6. The molecule has 4 aromatic rings. The first kappa shape index (κ1) is 21.9. The van der Waals surface area contributed by atoms with Crippen LogP contribution in [-0.2, 0) is 6.54 Å². The number of aryl methyl sites for hydroxylation is 1. The van der Waals surface area contributed by atoms with Gasteiger partial charge in [0.1, 0.15) is 5.15 Å². The fraction of sp³-hybridized carbons (Fsp3) is 0.0909. The van der Waals surface area contributed by atoms with Crippen molar-refractivity contribution >= 4 is 29.5 Å². The molecule has 0 radical (unpaired) electrons. The number of rotatable bonds is 7. The van der Waals surface area contributed by atoms with Crippen LogP contribution in [0.2, 0.25) is 5.15 Å². The molecule has 0 saturated heterocycles. The van der Waals surface area contributed by atoms with Gasteiger partial charge in [-0.25, -0.2) is 10.1 Å². The van der Waals surface area contributed by atoms with E-state index in [1.807, 2.05) is 30.3 Å². The Morgan fingerprint density at radius 2 is 1.97 bits per heavy atom. The van der Waals surface area contributed by atoms with E-state index in [-0.39, 0.29) is 12.4 Å². The van der Waals surface area contributed by atoms with E-state index in [1.165, 1.54) is 23.2 Å². The van der Waals surface area contributed by atoms with E-state index in [4.69, 9.17) is 11.6 Å². The molecule has 33 heavy (non-hydrogen) atoms. The number of nitrogens with one attached hydrogen (secondary N) is 1. The maximum absolute atomic E-state index is 12.5. The molecule has 4 rings (SSSR count). The minimum absolute atomic E-state index is 0.234. The average Bonchev–Trinajstić information content (AvgIpc) is 3.39. The minimum atomic E-state index is -0.560. The zero-order valence-corrected chi connectivity index (χ0v) is 18.2. The molecular formula is C22H18ClN7O3. The summed E-state index contributed by atoms with van der Waals surface area (Å²) in [5.41, 5.74) is 5.69. The molecule has 2 aromatic heterocycles. The molecule has 0 unspecified atom stereocenters. The summed E-state index contributed by atoms with van der Waals surface area (Å²) in [5.74, 6) is -0.647. The van der Waals surface area contributed by atoms with Crippen molar-refractivity contribution in [3.8, 4) is 5.69 Å². The summed E-state index contributed by atoms with van der Waals surface area (Å²) >= 11 is 6.46. The first-order valence-corrected chi connectivity index (χ1v) is 10.2. The summed E-state index contributed by atoms with van der Waals surface area (Å²) in [5, 5.41) is 23.5. The Bertz CT molecular complexity index is 1350. The molecule has 1 amide bonds. The first-order valence-electron chi connectivity index (χ1n) is 9.83. The van der Waals surface area contributed by atoms with Gasteiger partial charge >= 0.3 is 5.82 Å². The average molecular weight is 464 g/mol. The van der Waals surface area contributed by atoms with Gasteiger partial charge in [-0.1, -0.05) is 41.9 Å². The topological polar surface area (TPSA) is 120 Å². The number of aromatic nitrogens is 4. The molecule has 0 aliphatic rings. The van der Waals surface area contributed by atoms with Gasteiger partial charge in [-0.2, -0.15) is 14.9 Å². The van der Waals surface area contributed by atoms with Crippen LogP contribution in [-0.4, -0.2) is 36.6 Å². The van der Waals surface area contributed by atoms with Crippen LogP contribution in [0.5, 0.6) is 0 Å². The van der Waals surface area contributed by atoms with Crippen LogP contribution in [0.4, 0.5) is 5.82 Å². The van der Waals surface area contributed by atoms with E-state index < -0.39 is 10.8 Å². The normalized spacial score (nSPS) is 11.1. The van der Waals surface area contributed by atoms with E-state index in [0.29, 0.717) is 22.0 Å². The smallest absolute Gasteiger partial charge is 0.358 e. The third-order valence-electron chi connectivity index (χ3n) is 4.76. The standard InChI is InChI=1S/C22H18ClN7O3/c1-15-19(21(23)29(26-15)18-8-3-2-4-9-18)13-24-25-22(31)17-7-5-6-16(12-17)14-28-11-10-20(27-28)30(32)33/h2-13H,14H2,1H3,(H,25,31). The van der Waals surface area contributed by atoms with Crippen LogP contribution >= 0.6 is 11.6 Å². The Balaban J connectivity index is 1.44. The van der Waals surface area contributed by atoms with Crippen LogP contribution in [0, 0.1) is 17.0 Å². The Morgan fingerprint density at radius 1 is 1.18 bits per heavy atom. The summed E-state index contributed by atoms with van der Waals surface area (Å²) in [6.07, 6.45) is 2.96. The predicted molar refractivity (Wildman–Crippen MR) is 123 cm³/mol. The Labute approximate surface area is 193 Å². The fourth-order valence-corrected chi connectivity index (χ4v) is 3.47. The van der Waals surface area contributed by atoms with Crippen LogP contribution in [0.15, 0.2) is 72.0 Å². The number of halogens is 1. The molecule has 0 spiro atoms. The number of nitro groups is 1. The van der Waals surface area contributed by atoms with Crippen LogP contribution < -0.4 is 5.43 Å². The highest BCUT2D eigenvalue weighted by molar-refractivity contribution is 6.32. The zero-order chi connectivity index (χ0) is 23.4. The van der Waals surface area contributed by atoms with Gasteiger partial charge in [-0.3, -0.25) is 4.79 Å². The van der Waals surface area contributed by atoms with Crippen molar-refractivity contribution < 1.29 is 9.72 Å². The number of nitrogens with zero attached hydrogens (tertiary/aromatic N) is 6. The van der Waals surface area contributed by atoms with Crippen molar-refractivity contribution in [1.29, 1.82) is 0 Å². The SMILES string of the molecule is Cc1nn(-c2ccccc2)c(Cl)c1C=NNC(=O)c1cccc(Cn2ccc([N+](=O)[O-])n2)c1. The van der Waals surface area contributed by atoms with Gasteiger partial charge < -0.3 is 10.1 Å². The van der Waals surface area contributed by atoms with Gasteiger partial charge in [0.25, 0.3) is 5.91 Å². The maximum Gasteiger partial charge on any atom is 0.389 e. The minimum Gasteiger partial charge on any atom is -0.358 e. The van der Waals surface area contributed by atoms with Crippen LogP contribution in [0.1, 0.15) is 27.2 Å². The number of hydrogen-bond donors (Lipinski definition) is 1. The van der Waals surface area contributed by atoms with Gasteiger partial charge in [0.15, 0.2) is 0 Å². The highest BCUT2D eigenvalue weighted by Gasteiger charge is 2.14. The highest BCUT2D eigenvalue weighted by Crippen LogP contribution is 2.21. The molecule has 2 heterocycles. The lowest BCUT2D eigenvalue weighted by atomic mass is 10.1. The largest absolute Gasteiger partial charge is 0.389 e. The van der Waals surface area contributed by atoms with Crippen LogP contribution in [0.25, 0.3) is 5.69 Å². The van der Waals surface area contributed by atoms with Gasteiger partial charge in [0, 0.05) is 5.56 Å².